The highest BCUT2D eigenvalue weighted by molar-refractivity contribution is 5.85. The van der Waals surface area contributed by atoms with Gasteiger partial charge in [-0.15, -0.1) is 12.4 Å². The van der Waals surface area contributed by atoms with E-state index < -0.39 is 0 Å². The van der Waals surface area contributed by atoms with Crippen LogP contribution in [0.5, 0.6) is 0 Å². The Labute approximate surface area is 107 Å². The van der Waals surface area contributed by atoms with Gasteiger partial charge in [-0.3, -0.25) is 4.79 Å². The van der Waals surface area contributed by atoms with Crippen LogP contribution in [0.25, 0.3) is 0 Å². The van der Waals surface area contributed by atoms with Gasteiger partial charge in [0.05, 0.1) is 24.0 Å². The Morgan fingerprint density at radius 2 is 2.47 bits per heavy atom. The second-order valence-corrected chi connectivity index (χ2v) is 4.60. The number of aromatic amines is 1. The van der Waals surface area contributed by atoms with Crippen molar-refractivity contribution in [3.05, 3.63) is 18.2 Å². The minimum atomic E-state index is -0.266. The van der Waals surface area contributed by atoms with Crippen molar-refractivity contribution in [2.75, 3.05) is 13.1 Å². The maximum Gasteiger partial charge on any atom is 0.227 e. The van der Waals surface area contributed by atoms with Gasteiger partial charge in [0.1, 0.15) is 0 Å². The summed E-state index contributed by atoms with van der Waals surface area (Å²) in [5.74, 6) is 0.120. The third kappa shape index (κ3) is 3.44. The number of hydrogen-bond acceptors (Lipinski definition) is 3. The molecule has 1 aromatic heterocycles. The molecule has 5 nitrogen and oxygen atoms in total. The van der Waals surface area contributed by atoms with Crippen LogP contribution < -0.4 is 10.6 Å². The van der Waals surface area contributed by atoms with E-state index in [1.54, 1.807) is 12.5 Å². The summed E-state index contributed by atoms with van der Waals surface area (Å²) in [6.07, 6.45) is 5.36. The van der Waals surface area contributed by atoms with Crippen molar-refractivity contribution in [1.82, 2.24) is 20.6 Å². The zero-order valence-electron chi connectivity index (χ0n) is 9.95. The number of rotatable bonds is 3. The normalized spacial score (nSPS) is 23.8. The van der Waals surface area contributed by atoms with E-state index in [-0.39, 0.29) is 23.7 Å². The average Bonchev–Trinajstić information content (AvgIpc) is 2.79. The van der Waals surface area contributed by atoms with Gasteiger partial charge in [0.25, 0.3) is 0 Å². The average molecular weight is 259 g/mol. The van der Waals surface area contributed by atoms with E-state index >= 15 is 0 Å². The summed E-state index contributed by atoms with van der Waals surface area (Å²) in [5, 5.41) is 6.21. The molecule has 3 N–H and O–H groups in total. The highest BCUT2D eigenvalue weighted by atomic mass is 35.5. The quantitative estimate of drug-likeness (QED) is 0.753. The largest absolute Gasteiger partial charge is 0.350 e. The summed E-state index contributed by atoms with van der Waals surface area (Å²) in [4.78, 5) is 18.9. The number of nitrogens with zero attached hydrogens (tertiary/aromatic N) is 1. The second kappa shape index (κ2) is 6.02. The number of piperidine rings is 1. The number of halogens is 1. The van der Waals surface area contributed by atoms with Gasteiger partial charge < -0.3 is 15.6 Å². The summed E-state index contributed by atoms with van der Waals surface area (Å²) in [7, 11) is 0. The minimum Gasteiger partial charge on any atom is -0.350 e. The van der Waals surface area contributed by atoms with Crippen molar-refractivity contribution in [2.45, 2.75) is 26.3 Å². The molecule has 0 aromatic carbocycles. The Kier molecular flexibility index (Phi) is 4.96. The van der Waals surface area contributed by atoms with Crippen molar-refractivity contribution in [3.63, 3.8) is 0 Å². The SMILES string of the molecule is CC1(C(=O)NCc2cnc[nH]2)CCCNC1.Cl. The van der Waals surface area contributed by atoms with Crippen LogP contribution in [0.3, 0.4) is 0 Å². The molecular formula is C11H19ClN4O. The van der Waals surface area contributed by atoms with Crippen LogP contribution in [0.1, 0.15) is 25.5 Å². The molecule has 17 heavy (non-hydrogen) atoms. The molecule has 96 valence electrons. The number of amides is 1. The van der Waals surface area contributed by atoms with Crippen molar-refractivity contribution in [3.8, 4) is 0 Å². The minimum absolute atomic E-state index is 0. The van der Waals surface area contributed by atoms with E-state index in [0.29, 0.717) is 6.54 Å². The molecule has 1 fully saturated rings. The van der Waals surface area contributed by atoms with Gasteiger partial charge in [-0.2, -0.15) is 0 Å². The number of hydrogen-bond donors (Lipinski definition) is 3. The molecule has 1 atom stereocenters. The monoisotopic (exact) mass is 258 g/mol. The third-order valence-corrected chi connectivity index (χ3v) is 3.14. The Balaban J connectivity index is 0.00000144. The van der Waals surface area contributed by atoms with Crippen LogP contribution >= 0.6 is 12.4 Å². The van der Waals surface area contributed by atoms with Gasteiger partial charge in [-0.05, 0) is 26.3 Å². The van der Waals surface area contributed by atoms with E-state index in [1.165, 1.54) is 0 Å². The van der Waals surface area contributed by atoms with E-state index in [2.05, 4.69) is 20.6 Å². The lowest BCUT2D eigenvalue weighted by atomic mass is 9.82. The van der Waals surface area contributed by atoms with E-state index in [0.717, 1.165) is 31.6 Å². The predicted octanol–water partition coefficient (Wildman–Crippen LogP) is 0.837. The van der Waals surface area contributed by atoms with Gasteiger partial charge >= 0.3 is 0 Å². The molecule has 0 aliphatic carbocycles. The van der Waals surface area contributed by atoms with Crippen molar-refractivity contribution < 1.29 is 4.79 Å². The van der Waals surface area contributed by atoms with Crippen LogP contribution in [0.4, 0.5) is 0 Å². The lowest BCUT2D eigenvalue weighted by molar-refractivity contribution is -0.131. The Bertz CT molecular complexity index is 346. The van der Waals surface area contributed by atoms with Gasteiger partial charge in [-0.25, -0.2) is 4.98 Å². The number of carbonyl (C=O) groups is 1. The lowest BCUT2D eigenvalue weighted by Gasteiger charge is -2.32. The van der Waals surface area contributed by atoms with Crippen molar-refractivity contribution >= 4 is 18.3 Å². The van der Waals surface area contributed by atoms with Gasteiger partial charge in [0.2, 0.25) is 5.91 Å². The van der Waals surface area contributed by atoms with Crippen LogP contribution in [0, 0.1) is 5.41 Å². The fourth-order valence-corrected chi connectivity index (χ4v) is 2.02. The first kappa shape index (κ1) is 14.0. The van der Waals surface area contributed by atoms with Crippen molar-refractivity contribution in [1.29, 1.82) is 0 Å². The number of nitrogens with one attached hydrogen (secondary N) is 3. The van der Waals surface area contributed by atoms with Gasteiger partial charge in [0, 0.05) is 12.7 Å². The molecule has 2 heterocycles. The summed E-state index contributed by atoms with van der Waals surface area (Å²) in [6, 6.07) is 0. The number of aromatic nitrogens is 2. The Morgan fingerprint density at radius 3 is 3.06 bits per heavy atom. The molecule has 0 saturated carbocycles. The molecule has 6 heteroatoms. The van der Waals surface area contributed by atoms with Crippen LogP contribution in [0.15, 0.2) is 12.5 Å². The standard InChI is InChI=1S/C11H18N4O.ClH/c1-11(3-2-4-12-7-11)10(16)14-6-9-5-13-8-15-9;/h5,8,12H,2-4,6-7H2,1H3,(H,13,15)(H,14,16);1H. The Morgan fingerprint density at radius 1 is 1.65 bits per heavy atom. The topological polar surface area (TPSA) is 69.8 Å². The van der Waals surface area contributed by atoms with Crippen LogP contribution in [-0.2, 0) is 11.3 Å². The van der Waals surface area contributed by atoms with E-state index in [1.807, 2.05) is 6.92 Å². The zero-order chi connectivity index (χ0) is 11.4. The smallest absolute Gasteiger partial charge is 0.227 e. The maximum atomic E-state index is 12.0. The number of H-pyrrole nitrogens is 1. The predicted molar refractivity (Wildman–Crippen MR) is 67.9 cm³/mol. The summed E-state index contributed by atoms with van der Waals surface area (Å²) in [5.41, 5.74) is 0.666. The molecule has 0 radical (unpaired) electrons. The number of carbonyl (C=O) groups excluding carboxylic acids is 1. The highest BCUT2D eigenvalue weighted by Gasteiger charge is 2.34. The van der Waals surface area contributed by atoms with Crippen LogP contribution in [-0.4, -0.2) is 29.0 Å². The molecule has 1 amide bonds. The van der Waals surface area contributed by atoms with Crippen LogP contribution in [0.2, 0.25) is 0 Å². The fraction of sp³-hybridized carbons (Fsp3) is 0.636. The Hall–Kier alpha value is -1.07. The van der Waals surface area contributed by atoms with E-state index in [9.17, 15) is 4.79 Å². The number of imidazole rings is 1. The fourth-order valence-electron chi connectivity index (χ4n) is 2.02. The molecule has 2 rings (SSSR count). The third-order valence-electron chi connectivity index (χ3n) is 3.14. The first-order valence-corrected chi connectivity index (χ1v) is 5.67. The molecule has 1 aliphatic heterocycles. The summed E-state index contributed by atoms with van der Waals surface area (Å²) in [6.45, 7) is 4.32. The second-order valence-electron chi connectivity index (χ2n) is 4.60. The summed E-state index contributed by atoms with van der Waals surface area (Å²) >= 11 is 0. The first-order valence-electron chi connectivity index (χ1n) is 5.67. The zero-order valence-corrected chi connectivity index (χ0v) is 10.8. The molecule has 1 aliphatic rings. The van der Waals surface area contributed by atoms with Gasteiger partial charge in [-0.1, -0.05) is 0 Å². The maximum absolute atomic E-state index is 12.0. The van der Waals surface area contributed by atoms with E-state index in [4.69, 9.17) is 0 Å². The lowest BCUT2D eigenvalue weighted by Crippen LogP contribution is -2.48. The molecule has 1 aromatic rings. The molecule has 0 spiro atoms. The molecular weight excluding hydrogens is 240 g/mol. The highest BCUT2D eigenvalue weighted by Crippen LogP contribution is 2.25. The molecule has 1 unspecified atom stereocenters. The molecule has 0 bridgehead atoms. The first-order chi connectivity index (χ1) is 7.71. The molecule has 1 saturated heterocycles. The summed E-state index contributed by atoms with van der Waals surface area (Å²) < 4.78 is 0. The van der Waals surface area contributed by atoms with Crippen molar-refractivity contribution in [2.24, 2.45) is 5.41 Å². The van der Waals surface area contributed by atoms with Gasteiger partial charge in [0.15, 0.2) is 0 Å².